The van der Waals surface area contributed by atoms with E-state index in [1.54, 1.807) is 25.1 Å². The molecule has 0 bridgehead atoms. The molecule has 20 heavy (non-hydrogen) atoms. The highest BCUT2D eigenvalue weighted by Crippen LogP contribution is 2.18. The van der Waals surface area contributed by atoms with E-state index in [9.17, 15) is 14.7 Å². The Morgan fingerprint density at radius 1 is 1.40 bits per heavy atom. The number of aliphatic hydroxyl groups excluding tert-OH is 1. The van der Waals surface area contributed by atoms with Gasteiger partial charge in [0.1, 0.15) is 11.3 Å². The molecule has 0 heterocycles. The first-order chi connectivity index (χ1) is 9.47. The maximum absolute atomic E-state index is 11.6. The van der Waals surface area contributed by atoms with Crippen LogP contribution in [0.15, 0.2) is 40.6 Å². The number of hydrogen-bond acceptors (Lipinski definition) is 5. The van der Waals surface area contributed by atoms with Crippen LogP contribution in [0.5, 0.6) is 0 Å². The molecule has 0 aliphatic heterocycles. The van der Waals surface area contributed by atoms with Gasteiger partial charge >= 0.3 is 5.97 Å². The van der Waals surface area contributed by atoms with Crippen molar-refractivity contribution in [1.29, 1.82) is 0 Å². The lowest BCUT2D eigenvalue weighted by atomic mass is 10.1. The second-order valence-corrected chi connectivity index (χ2v) is 3.86. The van der Waals surface area contributed by atoms with Crippen LogP contribution in [0.2, 0.25) is 0 Å². The largest absolute Gasteiger partial charge is 0.512 e. The summed E-state index contributed by atoms with van der Waals surface area (Å²) in [6.07, 6.45) is 1.15. The molecule has 0 aliphatic rings. The Morgan fingerprint density at radius 3 is 2.60 bits per heavy atom. The summed E-state index contributed by atoms with van der Waals surface area (Å²) in [6.45, 7) is 3.18. The maximum Gasteiger partial charge on any atom is 0.343 e. The Bertz CT molecular complexity index is 572. The third kappa shape index (κ3) is 3.94. The van der Waals surface area contributed by atoms with Crippen LogP contribution in [-0.4, -0.2) is 29.8 Å². The average Bonchev–Trinajstić information content (AvgIpc) is 2.39. The zero-order valence-electron chi connectivity index (χ0n) is 11.3. The first kappa shape index (κ1) is 15.4. The lowest BCUT2D eigenvalue weighted by Gasteiger charge is -2.04. The summed E-state index contributed by atoms with van der Waals surface area (Å²) in [7, 11) is 0. The van der Waals surface area contributed by atoms with E-state index in [-0.39, 0.29) is 23.5 Å². The molecule has 0 atom stereocenters. The average molecular weight is 276 g/mol. The quantitative estimate of drug-likeness (QED) is 0.371. The van der Waals surface area contributed by atoms with E-state index in [0.717, 1.165) is 6.21 Å². The van der Waals surface area contributed by atoms with Crippen LogP contribution in [-0.2, 0) is 9.53 Å². The molecule has 3 N–H and O–H groups in total. The van der Waals surface area contributed by atoms with E-state index in [4.69, 9.17) is 10.5 Å². The number of carbonyl (C=O) groups is 2. The minimum atomic E-state index is -0.687. The normalized spacial score (nSPS) is 12.1. The van der Waals surface area contributed by atoms with Crippen molar-refractivity contribution in [1.82, 2.24) is 0 Å². The molecule has 1 amide bonds. The molecular formula is C14H16N2O4. The molecule has 1 rings (SSSR count). The fraction of sp³-hybridized carbons (Fsp3) is 0.214. The predicted octanol–water partition coefficient (Wildman–Crippen LogP) is 1.88. The highest BCUT2D eigenvalue weighted by Gasteiger charge is 2.12. The number of allylic oxidation sites excluding steroid dienone is 1. The van der Waals surface area contributed by atoms with Crippen molar-refractivity contribution < 1.29 is 19.4 Å². The summed E-state index contributed by atoms with van der Waals surface area (Å²) in [5.74, 6) is -1.53. The van der Waals surface area contributed by atoms with Crippen LogP contribution in [0.3, 0.4) is 0 Å². The zero-order chi connectivity index (χ0) is 15.1. The Kier molecular flexibility index (Phi) is 5.46. The van der Waals surface area contributed by atoms with Gasteiger partial charge in [-0.2, -0.15) is 0 Å². The number of primary amides is 1. The minimum absolute atomic E-state index is 0.0777. The van der Waals surface area contributed by atoms with Crippen LogP contribution in [0, 0.1) is 0 Å². The summed E-state index contributed by atoms with van der Waals surface area (Å²) in [6, 6.07) is 6.43. The fourth-order valence-electron chi connectivity index (χ4n) is 1.43. The van der Waals surface area contributed by atoms with E-state index < -0.39 is 11.9 Å². The number of rotatable bonds is 5. The van der Waals surface area contributed by atoms with Crippen molar-refractivity contribution in [2.75, 3.05) is 6.61 Å². The van der Waals surface area contributed by atoms with Crippen molar-refractivity contribution in [3.63, 3.8) is 0 Å². The summed E-state index contributed by atoms with van der Waals surface area (Å²) in [4.78, 5) is 26.8. The number of benzene rings is 1. The van der Waals surface area contributed by atoms with Crippen molar-refractivity contribution >= 4 is 23.8 Å². The van der Waals surface area contributed by atoms with Crippen molar-refractivity contribution in [3.8, 4) is 0 Å². The SMILES string of the molecule is CCOC(=O)/C(C=Nc1ccccc1C(N)=O)=C(/C)O. The first-order valence-electron chi connectivity index (χ1n) is 5.97. The fourth-order valence-corrected chi connectivity index (χ4v) is 1.43. The van der Waals surface area contributed by atoms with E-state index in [1.165, 1.54) is 13.0 Å². The van der Waals surface area contributed by atoms with Crippen LogP contribution in [0.1, 0.15) is 24.2 Å². The van der Waals surface area contributed by atoms with Gasteiger partial charge in [-0.3, -0.25) is 9.79 Å². The van der Waals surface area contributed by atoms with Gasteiger partial charge in [0.25, 0.3) is 5.91 Å². The Balaban J connectivity index is 3.10. The summed E-state index contributed by atoms with van der Waals surface area (Å²) in [5.41, 5.74) is 5.68. The monoisotopic (exact) mass is 276 g/mol. The molecule has 1 aromatic rings. The molecule has 0 unspecified atom stereocenters. The first-order valence-corrected chi connectivity index (χ1v) is 5.97. The molecule has 0 saturated carbocycles. The summed E-state index contributed by atoms with van der Waals surface area (Å²) in [5, 5.41) is 9.46. The van der Waals surface area contributed by atoms with Gasteiger partial charge in [0.2, 0.25) is 0 Å². The van der Waals surface area contributed by atoms with Crippen LogP contribution < -0.4 is 5.73 Å². The standard InChI is InChI=1S/C14H16N2O4/c1-3-20-14(19)11(9(2)17)8-16-12-7-5-4-6-10(12)13(15)18/h4-8,17H,3H2,1-2H3,(H2,15,18)/b11-9-,16-8?. The minimum Gasteiger partial charge on any atom is -0.512 e. The number of aliphatic hydroxyl groups is 1. The van der Waals surface area contributed by atoms with Gasteiger partial charge in [0.15, 0.2) is 0 Å². The Hall–Kier alpha value is -2.63. The molecule has 1 aromatic carbocycles. The molecule has 0 aliphatic carbocycles. The van der Waals surface area contributed by atoms with Crippen molar-refractivity contribution in [2.24, 2.45) is 10.7 Å². The number of hydrogen-bond donors (Lipinski definition) is 2. The smallest absolute Gasteiger partial charge is 0.343 e. The molecule has 0 aromatic heterocycles. The third-order valence-electron chi connectivity index (χ3n) is 2.39. The van der Waals surface area contributed by atoms with E-state index in [0.29, 0.717) is 5.69 Å². The number of amides is 1. The van der Waals surface area contributed by atoms with Gasteiger partial charge < -0.3 is 15.6 Å². The van der Waals surface area contributed by atoms with Gasteiger partial charge in [-0.15, -0.1) is 0 Å². The van der Waals surface area contributed by atoms with E-state index >= 15 is 0 Å². The molecule has 6 heteroatoms. The lowest BCUT2D eigenvalue weighted by molar-refractivity contribution is -0.138. The molecule has 106 valence electrons. The molecule has 0 saturated heterocycles. The van der Waals surface area contributed by atoms with Gasteiger partial charge in [0.05, 0.1) is 17.9 Å². The molecule has 0 spiro atoms. The number of ether oxygens (including phenoxy) is 1. The Labute approximate surface area is 116 Å². The van der Waals surface area contributed by atoms with Crippen molar-refractivity contribution in [3.05, 3.63) is 41.2 Å². The van der Waals surface area contributed by atoms with Crippen LogP contribution >= 0.6 is 0 Å². The molecular weight excluding hydrogens is 260 g/mol. The number of nitrogens with two attached hydrogens (primary N) is 1. The summed E-state index contributed by atoms with van der Waals surface area (Å²) >= 11 is 0. The van der Waals surface area contributed by atoms with Crippen LogP contribution in [0.25, 0.3) is 0 Å². The molecule has 0 fully saturated rings. The number of aliphatic imine (C=N–C) groups is 1. The summed E-state index contributed by atoms with van der Waals surface area (Å²) < 4.78 is 4.79. The van der Waals surface area contributed by atoms with E-state index in [2.05, 4.69) is 4.99 Å². The Morgan fingerprint density at radius 2 is 2.05 bits per heavy atom. The zero-order valence-corrected chi connectivity index (χ0v) is 11.3. The number of esters is 1. The van der Waals surface area contributed by atoms with Gasteiger partial charge in [0, 0.05) is 6.21 Å². The maximum atomic E-state index is 11.6. The van der Waals surface area contributed by atoms with Crippen LogP contribution in [0.4, 0.5) is 5.69 Å². The van der Waals surface area contributed by atoms with Gasteiger partial charge in [-0.1, -0.05) is 12.1 Å². The number of carbonyl (C=O) groups excluding carboxylic acids is 2. The van der Waals surface area contributed by atoms with Crippen molar-refractivity contribution in [2.45, 2.75) is 13.8 Å². The third-order valence-corrected chi connectivity index (χ3v) is 2.39. The van der Waals surface area contributed by atoms with Gasteiger partial charge in [-0.05, 0) is 26.0 Å². The lowest BCUT2D eigenvalue weighted by Crippen LogP contribution is -2.12. The van der Waals surface area contributed by atoms with E-state index in [1.807, 2.05) is 0 Å². The number of para-hydroxylation sites is 1. The molecule has 0 radical (unpaired) electrons. The molecule has 6 nitrogen and oxygen atoms in total. The highest BCUT2D eigenvalue weighted by molar-refractivity contribution is 6.11. The second kappa shape index (κ2) is 7.08. The van der Waals surface area contributed by atoms with Gasteiger partial charge in [-0.25, -0.2) is 4.79 Å². The predicted molar refractivity (Wildman–Crippen MR) is 75.1 cm³/mol. The topological polar surface area (TPSA) is 102 Å². The number of nitrogens with zero attached hydrogens (tertiary/aromatic N) is 1. The second-order valence-electron chi connectivity index (χ2n) is 3.86. The highest BCUT2D eigenvalue weighted by atomic mass is 16.5.